The maximum Gasteiger partial charge on any atom is 0.280 e. The van der Waals surface area contributed by atoms with Crippen molar-refractivity contribution >= 4 is 23.4 Å². The van der Waals surface area contributed by atoms with Crippen LogP contribution in [-0.4, -0.2) is 23.9 Å². The highest BCUT2D eigenvalue weighted by Crippen LogP contribution is 2.30. The molecule has 1 aromatic rings. The van der Waals surface area contributed by atoms with Gasteiger partial charge in [0, 0.05) is 19.7 Å². The van der Waals surface area contributed by atoms with Gasteiger partial charge in [0.25, 0.3) is 5.69 Å². The highest BCUT2D eigenvalue weighted by Gasteiger charge is 2.17. The summed E-state index contributed by atoms with van der Waals surface area (Å²) >= 11 is 5.85. The molecule has 0 aliphatic carbocycles. The van der Waals surface area contributed by atoms with Gasteiger partial charge in [-0.15, -0.1) is 0 Å². The molecule has 0 spiro atoms. The van der Waals surface area contributed by atoms with Crippen LogP contribution in [0.1, 0.15) is 11.1 Å². The lowest BCUT2D eigenvalue weighted by molar-refractivity contribution is -0.385. The summed E-state index contributed by atoms with van der Waals surface area (Å²) < 4.78 is 0. The maximum absolute atomic E-state index is 10.9. The average molecular weight is 241 g/mol. The van der Waals surface area contributed by atoms with E-state index in [-0.39, 0.29) is 5.69 Å². The normalized spacial score (nSPS) is 10.8. The molecule has 1 rings (SSSR count). The number of hydrogen-bond acceptors (Lipinski definition) is 3. The number of hydrogen-bond donors (Lipinski definition) is 0. The Hall–Kier alpha value is -1.55. The zero-order valence-electron chi connectivity index (χ0n) is 9.40. The molecule has 0 heterocycles. The quantitative estimate of drug-likeness (QED) is 0.603. The smallest absolute Gasteiger partial charge is 0.280 e. The van der Waals surface area contributed by atoms with Crippen LogP contribution in [-0.2, 0) is 0 Å². The van der Waals surface area contributed by atoms with E-state index in [2.05, 4.69) is 0 Å². The van der Waals surface area contributed by atoms with Gasteiger partial charge in [-0.2, -0.15) is 0 Å². The first-order chi connectivity index (χ1) is 7.43. The Bertz CT molecular complexity index is 442. The predicted molar refractivity (Wildman–Crippen MR) is 65.6 cm³/mol. The number of rotatable bonds is 3. The summed E-state index contributed by atoms with van der Waals surface area (Å²) in [6.07, 6.45) is 3.46. The van der Waals surface area contributed by atoms with Crippen molar-refractivity contribution in [2.45, 2.75) is 6.92 Å². The second kappa shape index (κ2) is 4.99. The minimum atomic E-state index is -0.406. The third-order valence-electron chi connectivity index (χ3n) is 2.13. The minimum Gasteiger partial charge on any atom is -0.383 e. The molecule has 1 aromatic carbocycles. The fraction of sp³-hybridized carbons (Fsp3) is 0.273. The zero-order valence-corrected chi connectivity index (χ0v) is 10.2. The molecular formula is C11H13ClN2O2. The molecule has 0 aliphatic rings. The number of halogens is 1. The van der Waals surface area contributed by atoms with Gasteiger partial charge in [-0.1, -0.05) is 11.6 Å². The molecule has 0 bridgehead atoms. The third kappa shape index (κ3) is 2.73. The molecule has 0 fully saturated rings. The number of nitro benzene ring substituents is 1. The minimum absolute atomic E-state index is 0.0607. The summed E-state index contributed by atoms with van der Waals surface area (Å²) in [5.74, 6) is 0. The molecule has 0 saturated heterocycles. The molecule has 0 N–H and O–H groups in total. The molecule has 0 saturated carbocycles. The van der Waals surface area contributed by atoms with E-state index in [0.29, 0.717) is 16.1 Å². The zero-order chi connectivity index (χ0) is 12.3. The van der Waals surface area contributed by atoms with E-state index in [1.807, 2.05) is 19.0 Å². The van der Waals surface area contributed by atoms with Gasteiger partial charge >= 0.3 is 0 Å². The summed E-state index contributed by atoms with van der Waals surface area (Å²) in [4.78, 5) is 12.3. The van der Waals surface area contributed by atoms with E-state index in [4.69, 9.17) is 11.6 Å². The number of benzene rings is 1. The topological polar surface area (TPSA) is 46.4 Å². The van der Waals surface area contributed by atoms with E-state index in [1.165, 1.54) is 0 Å². The van der Waals surface area contributed by atoms with Gasteiger partial charge in [0.1, 0.15) is 0 Å². The van der Waals surface area contributed by atoms with Gasteiger partial charge in [-0.25, -0.2) is 0 Å². The van der Waals surface area contributed by atoms with Crippen LogP contribution in [0.15, 0.2) is 18.3 Å². The Morgan fingerprint density at radius 3 is 2.56 bits per heavy atom. The van der Waals surface area contributed by atoms with Crippen molar-refractivity contribution in [3.63, 3.8) is 0 Å². The summed E-state index contributed by atoms with van der Waals surface area (Å²) in [7, 11) is 3.70. The number of nitro groups is 1. The molecule has 0 radical (unpaired) electrons. The van der Waals surface area contributed by atoms with Crippen LogP contribution in [0.2, 0.25) is 5.02 Å². The molecule has 0 unspecified atom stereocenters. The van der Waals surface area contributed by atoms with Gasteiger partial charge in [0.05, 0.1) is 15.5 Å². The van der Waals surface area contributed by atoms with Crippen LogP contribution in [0.5, 0.6) is 0 Å². The first-order valence-electron chi connectivity index (χ1n) is 4.71. The fourth-order valence-electron chi connectivity index (χ4n) is 1.30. The SMILES string of the molecule is Cc1c(Cl)ccc(C=CN(C)C)c1[N+](=O)[O-]. The van der Waals surface area contributed by atoms with Crippen molar-refractivity contribution in [2.75, 3.05) is 14.1 Å². The Morgan fingerprint density at radius 1 is 1.44 bits per heavy atom. The van der Waals surface area contributed by atoms with Crippen LogP contribution < -0.4 is 0 Å². The van der Waals surface area contributed by atoms with Crippen LogP contribution >= 0.6 is 11.6 Å². The lowest BCUT2D eigenvalue weighted by atomic mass is 10.1. The third-order valence-corrected chi connectivity index (χ3v) is 2.54. The molecule has 5 heteroatoms. The summed E-state index contributed by atoms with van der Waals surface area (Å²) in [6, 6.07) is 3.31. The Kier molecular flexibility index (Phi) is 3.90. The molecule has 4 nitrogen and oxygen atoms in total. The highest BCUT2D eigenvalue weighted by molar-refractivity contribution is 6.31. The standard InChI is InChI=1S/C11H13ClN2O2/c1-8-10(12)5-4-9(6-7-13(2)3)11(8)14(15)16/h4-7H,1-3H3. The van der Waals surface area contributed by atoms with Crippen LogP contribution in [0.4, 0.5) is 5.69 Å². The predicted octanol–water partition coefficient (Wildman–Crippen LogP) is 3.09. The lowest BCUT2D eigenvalue weighted by Crippen LogP contribution is -2.01. The first-order valence-corrected chi connectivity index (χ1v) is 5.09. The average Bonchev–Trinajstić information content (AvgIpc) is 2.19. The van der Waals surface area contributed by atoms with E-state index in [9.17, 15) is 10.1 Å². The van der Waals surface area contributed by atoms with E-state index in [1.54, 1.807) is 31.3 Å². The monoisotopic (exact) mass is 240 g/mol. The van der Waals surface area contributed by atoms with Crippen molar-refractivity contribution < 1.29 is 4.92 Å². The first kappa shape index (κ1) is 12.5. The molecule has 0 aromatic heterocycles. The second-order valence-corrected chi connectivity index (χ2v) is 4.05. The van der Waals surface area contributed by atoms with Crippen LogP contribution in [0, 0.1) is 17.0 Å². The maximum atomic E-state index is 10.9. The Labute approximate surface area is 99.3 Å². The van der Waals surface area contributed by atoms with Crippen molar-refractivity contribution in [1.29, 1.82) is 0 Å². The summed E-state index contributed by atoms with van der Waals surface area (Å²) in [5.41, 5.74) is 1.11. The molecule has 0 atom stereocenters. The molecule has 0 amide bonds. The van der Waals surface area contributed by atoms with E-state index >= 15 is 0 Å². The summed E-state index contributed by atoms with van der Waals surface area (Å²) in [5, 5.41) is 11.3. The highest BCUT2D eigenvalue weighted by atomic mass is 35.5. The summed E-state index contributed by atoms with van der Waals surface area (Å²) in [6.45, 7) is 1.65. The Morgan fingerprint density at radius 2 is 2.06 bits per heavy atom. The van der Waals surface area contributed by atoms with Gasteiger partial charge in [0.15, 0.2) is 0 Å². The van der Waals surface area contributed by atoms with Crippen molar-refractivity contribution in [3.8, 4) is 0 Å². The molecule has 86 valence electrons. The second-order valence-electron chi connectivity index (χ2n) is 3.65. The van der Waals surface area contributed by atoms with Gasteiger partial charge in [-0.05, 0) is 31.3 Å². The van der Waals surface area contributed by atoms with Gasteiger partial charge in [0.2, 0.25) is 0 Å². The van der Waals surface area contributed by atoms with E-state index in [0.717, 1.165) is 0 Å². The van der Waals surface area contributed by atoms with E-state index < -0.39 is 4.92 Å². The van der Waals surface area contributed by atoms with Gasteiger partial charge in [-0.3, -0.25) is 10.1 Å². The molecule has 16 heavy (non-hydrogen) atoms. The molecular weight excluding hydrogens is 228 g/mol. The van der Waals surface area contributed by atoms with Crippen LogP contribution in [0.25, 0.3) is 6.08 Å². The van der Waals surface area contributed by atoms with Gasteiger partial charge < -0.3 is 4.90 Å². The van der Waals surface area contributed by atoms with Crippen molar-refractivity contribution in [2.24, 2.45) is 0 Å². The number of nitrogens with zero attached hydrogens (tertiary/aromatic N) is 2. The Balaban J connectivity index is 3.29. The largest absolute Gasteiger partial charge is 0.383 e. The van der Waals surface area contributed by atoms with Crippen molar-refractivity contribution in [1.82, 2.24) is 4.90 Å². The van der Waals surface area contributed by atoms with Crippen molar-refractivity contribution in [3.05, 3.63) is 44.6 Å². The lowest BCUT2D eigenvalue weighted by Gasteiger charge is -2.06. The van der Waals surface area contributed by atoms with Crippen LogP contribution in [0.3, 0.4) is 0 Å². The molecule has 0 aliphatic heterocycles. The fourth-order valence-corrected chi connectivity index (χ4v) is 1.46.